The van der Waals surface area contributed by atoms with Gasteiger partial charge in [-0.3, -0.25) is 9.59 Å². The van der Waals surface area contributed by atoms with Crippen molar-refractivity contribution in [1.29, 1.82) is 0 Å². The molecule has 3 rings (SSSR count). The van der Waals surface area contributed by atoms with Gasteiger partial charge in [0.05, 0.1) is 10.9 Å². The van der Waals surface area contributed by atoms with Crippen LogP contribution in [0, 0.1) is 0 Å². The third-order valence-corrected chi connectivity index (χ3v) is 3.94. The van der Waals surface area contributed by atoms with Crippen LogP contribution in [0.2, 0.25) is 0 Å². The molecule has 0 unspecified atom stereocenters. The summed E-state index contributed by atoms with van der Waals surface area (Å²) in [5.74, 6) is 0.835. The Hall–Kier alpha value is -2.21. The van der Waals surface area contributed by atoms with Crippen molar-refractivity contribution in [3.63, 3.8) is 0 Å². The number of aromatic nitrogens is 2. The molecule has 6 heteroatoms. The molecule has 0 spiro atoms. The van der Waals surface area contributed by atoms with Crippen molar-refractivity contribution in [3.8, 4) is 0 Å². The number of nitrogens with zero attached hydrogens (tertiary/aromatic N) is 2. The Morgan fingerprint density at radius 1 is 1.23 bits per heavy atom. The summed E-state index contributed by atoms with van der Waals surface area (Å²) in [6.45, 7) is 3.30. The summed E-state index contributed by atoms with van der Waals surface area (Å²) in [7, 11) is 0. The van der Waals surface area contributed by atoms with Crippen molar-refractivity contribution in [2.45, 2.75) is 19.3 Å². The lowest BCUT2D eigenvalue weighted by Gasteiger charge is -2.27. The van der Waals surface area contributed by atoms with Crippen molar-refractivity contribution in [2.75, 3.05) is 26.2 Å². The standard InChI is InChI=1S/C16H20N4O2/c21-15(20-10-8-17-9-11-20)7-3-6-14-18-13-5-2-1-4-12(13)16(22)19-14/h1-2,4-5,17H,3,6-11H2,(H,18,19,22). The smallest absolute Gasteiger partial charge is 0.258 e. The van der Waals surface area contributed by atoms with Gasteiger partial charge in [0.1, 0.15) is 5.82 Å². The van der Waals surface area contributed by atoms with Gasteiger partial charge in [-0.25, -0.2) is 4.98 Å². The van der Waals surface area contributed by atoms with Crippen molar-refractivity contribution >= 4 is 16.8 Å². The van der Waals surface area contributed by atoms with E-state index in [1.165, 1.54) is 0 Å². The molecule has 1 aliphatic heterocycles. The lowest BCUT2D eigenvalue weighted by molar-refractivity contribution is -0.131. The number of hydrogen-bond donors (Lipinski definition) is 2. The van der Waals surface area contributed by atoms with Gasteiger partial charge in [0, 0.05) is 39.0 Å². The van der Waals surface area contributed by atoms with Crippen LogP contribution in [0.15, 0.2) is 29.1 Å². The second kappa shape index (κ2) is 6.70. The third kappa shape index (κ3) is 3.33. The van der Waals surface area contributed by atoms with Gasteiger partial charge in [0.2, 0.25) is 5.91 Å². The molecule has 1 fully saturated rings. The number of H-pyrrole nitrogens is 1. The number of benzene rings is 1. The molecule has 1 aromatic heterocycles. The van der Waals surface area contributed by atoms with E-state index >= 15 is 0 Å². The predicted octanol–water partition coefficient (Wildman–Crippen LogP) is 0.678. The maximum Gasteiger partial charge on any atom is 0.258 e. The first kappa shape index (κ1) is 14.7. The molecule has 2 aromatic rings. The molecule has 1 amide bonds. The van der Waals surface area contributed by atoms with Gasteiger partial charge in [-0.1, -0.05) is 12.1 Å². The van der Waals surface area contributed by atoms with Crippen molar-refractivity contribution in [2.24, 2.45) is 0 Å². The SMILES string of the molecule is O=C(CCCc1nc2ccccc2c(=O)[nH]1)N1CCNCC1. The van der Waals surface area contributed by atoms with Gasteiger partial charge in [0.15, 0.2) is 0 Å². The number of aryl methyl sites for hydroxylation is 1. The lowest BCUT2D eigenvalue weighted by Crippen LogP contribution is -2.46. The zero-order valence-electron chi connectivity index (χ0n) is 12.5. The Kier molecular flexibility index (Phi) is 4.48. The van der Waals surface area contributed by atoms with E-state index < -0.39 is 0 Å². The number of rotatable bonds is 4. The van der Waals surface area contributed by atoms with Gasteiger partial charge in [-0.2, -0.15) is 0 Å². The number of carbonyl (C=O) groups is 1. The van der Waals surface area contributed by atoms with Gasteiger partial charge in [0.25, 0.3) is 5.56 Å². The summed E-state index contributed by atoms with van der Waals surface area (Å²) in [5.41, 5.74) is 0.587. The van der Waals surface area contributed by atoms with Crippen molar-refractivity contribution in [3.05, 3.63) is 40.4 Å². The molecular weight excluding hydrogens is 280 g/mol. The van der Waals surface area contributed by atoms with Crippen LogP contribution in [0.3, 0.4) is 0 Å². The van der Waals surface area contributed by atoms with E-state index in [-0.39, 0.29) is 11.5 Å². The first-order valence-corrected chi connectivity index (χ1v) is 7.70. The fourth-order valence-electron chi connectivity index (χ4n) is 2.73. The molecule has 0 aliphatic carbocycles. The summed E-state index contributed by atoms with van der Waals surface area (Å²) < 4.78 is 0. The van der Waals surface area contributed by atoms with Crippen LogP contribution in [0.5, 0.6) is 0 Å². The molecule has 1 saturated heterocycles. The Morgan fingerprint density at radius 3 is 2.82 bits per heavy atom. The zero-order chi connectivity index (χ0) is 15.4. The van der Waals surface area contributed by atoms with Crippen LogP contribution in [0.4, 0.5) is 0 Å². The number of piperazine rings is 1. The summed E-state index contributed by atoms with van der Waals surface area (Å²) in [4.78, 5) is 33.2. The highest BCUT2D eigenvalue weighted by Gasteiger charge is 2.15. The van der Waals surface area contributed by atoms with Crippen molar-refractivity contribution < 1.29 is 4.79 Å². The largest absolute Gasteiger partial charge is 0.340 e. The maximum atomic E-state index is 12.1. The molecule has 6 nitrogen and oxygen atoms in total. The summed E-state index contributed by atoms with van der Waals surface area (Å²) >= 11 is 0. The fourth-order valence-corrected chi connectivity index (χ4v) is 2.73. The van der Waals surface area contributed by atoms with Crippen LogP contribution in [0.1, 0.15) is 18.7 Å². The number of nitrogens with one attached hydrogen (secondary N) is 2. The molecule has 1 aliphatic rings. The van der Waals surface area contributed by atoms with Gasteiger partial charge in [-0.15, -0.1) is 0 Å². The Bertz CT molecular complexity index is 719. The van der Waals surface area contributed by atoms with Gasteiger partial charge in [-0.05, 0) is 18.6 Å². The van der Waals surface area contributed by atoms with E-state index in [9.17, 15) is 9.59 Å². The summed E-state index contributed by atoms with van der Waals surface area (Å²) in [6.07, 6.45) is 1.80. The number of aromatic amines is 1. The Balaban J connectivity index is 1.59. The molecule has 22 heavy (non-hydrogen) atoms. The summed E-state index contributed by atoms with van der Waals surface area (Å²) in [6, 6.07) is 7.29. The molecule has 0 bridgehead atoms. The van der Waals surface area contributed by atoms with Gasteiger partial charge < -0.3 is 15.2 Å². The highest BCUT2D eigenvalue weighted by molar-refractivity contribution is 5.77. The highest BCUT2D eigenvalue weighted by Crippen LogP contribution is 2.08. The van der Waals surface area contributed by atoms with Crippen molar-refractivity contribution in [1.82, 2.24) is 20.2 Å². The number of carbonyl (C=O) groups excluding carboxylic acids is 1. The normalized spacial score (nSPS) is 15.2. The highest BCUT2D eigenvalue weighted by atomic mass is 16.2. The van der Waals surface area contributed by atoms with Crippen LogP contribution in [0.25, 0.3) is 10.9 Å². The summed E-state index contributed by atoms with van der Waals surface area (Å²) in [5, 5.41) is 3.83. The van der Waals surface area contributed by atoms with Crippen LogP contribution < -0.4 is 10.9 Å². The van der Waals surface area contributed by atoms with E-state index in [0.717, 1.165) is 26.2 Å². The quantitative estimate of drug-likeness (QED) is 0.870. The van der Waals surface area contributed by atoms with E-state index in [0.29, 0.717) is 36.0 Å². The molecule has 2 N–H and O–H groups in total. The average molecular weight is 300 g/mol. The average Bonchev–Trinajstić information content (AvgIpc) is 2.56. The molecule has 0 saturated carbocycles. The van der Waals surface area contributed by atoms with Crippen LogP contribution in [-0.4, -0.2) is 47.0 Å². The van der Waals surface area contributed by atoms with E-state index in [4.69, 9.17) is 0 Å². The Labute approximate surface area is 128 Å². The first-order chi connectivity index (χ1) is 10.7. The molecule has 116 valence electrons. The minimum Gasteiger partial charge on any atom is -0.340 e. The minimum absolute atomic E-state index is 0.117. The molecule has 1 aromatic carbocycles. The van der Waals surface area contributed by atoms with E-state index in [1.807, 2.05) is 23.1 Å². The van der Waals surface area contributed by atoms with E-state index in [2.05, 4.69) is 15.3 Å². The van der Waals surface area contributed by atoms with Crippen LogP contribution >= 0.6 is 0 Å². The second-order valence-electron chi connectivity index (χ2n) is 5.51. The molecule has 0 radical (unpaired) electrons. The predicted molar refractivity (Wildman–Crippen MR) is 84.8 cm³/mol. The second-order valence-corrected chi connectivity index (χ2v) is 5.51. The molecule has 2 heterocycles. The van der Waals surface area contributed by atoms with E-state index in [1.54, 1.807) is 6.07 Å². The number of para-hydroxylation sites is 1. The molecular formula is C16H20N4O2. The molecule has 0 atom stereocenters. The lowest BCUT2D eigenvalue weighted by atomic mass is 10.2. The first-order valence-electron chi connectivity index (χ1n) is 7.70. The topological polar surface area (TPSA) is 78.1 Å². The monoisotopic (exact) mass is 300 g/mol. The minimum atomic E-state index is -0.117. The number of amides is 1. The van der Waals surface area contributed by atoms with Crippen LogP contribution in [-0.2, 0) is 11.2 Å². The third-order valence-electron chi connectivity index (χ3n) is 3.94. The fraction of sp³-hybridized carbons (Fsp3) is 0.438. The zero-order valence-corrected chi connectivity index (χ0v) is 12.5. The van der Waals surface area contributed by atoms with Gasteiger partial charge >= 0.3 is 0 Å². The number of hydrogen-bond acceptors (Lipinski definition) is 4. The number of fused-ring (bicyclic) bond motifs is 1. The Morgan fingerprint density at radius 2 is 2.00 bits per heavy atom. The maximum absolute atomic E-state index is 12.1.